The molecule has 3 atom stereocenters. The summed E-state index contributed by atoms with van der Waals surface area (Å²) in [5.74, 6) is 1.44. The van der Waals surface area contributed by atoms with E-state index in [-0.39, 0.29) is 12.2 Å². The van der Waals surface area contributed by atoms with Crippen LogP contribution in [0.4, 0.5) is 0 Å². The molecule has 0 saturated carbocycles. The molecular formula is C23H30O3. The zero-order valence-electron chi connectivity index (χ0n) is 15.9. The van der Waals surface area contributed by atoms with E-state index >= 15 is 0 Å². The summed E-state index contributed by atoms with van der Waals surface area (Å²) in [7, 11) is 1.69. The highest BCUT2D eigenvalue weighted by atomic mass is 16.5. The second kappa shape index (κ2) is 9.75. The average molecular weight is 354 g/mol. The number of rotatable bonds is 7. The molecule has 26 heavy (non-hydrogen) atoms. The van der Waals surface area contributed by atoms with Crippen molar-refractivity contribution in [3.63, 3.8) is 0 Å². The SMILES string of the molecule is CCCC1CCC(c2ccccc2)OCC1OCc1ccc(OC)cc1. The van der Waals surface area contributed by atoms with Crippen LogP contribution in [0.5, 0.6) is 5.75 Å². The highest BCUT2D eigenvalue weighted by Crippen LogP contribution is 2.33. The summed E-state index contributed by atoms with van der Waals surface area (Å²) in [5.41, 5.74) is 2.45. The van der Waals surface area contributed by atoms with Crippen molar-refractivity contribution in [1.82, 2.24) is 0 Å². The largest absolute Gasteiger partial charge is 0.497 e. The Morgan fingerprint density at radius 2 is 1.77 bits per heavy atom. The van der Waals surface area contributed by atoms with Crippen LogP contribution in [0.25, 0.3) is 0 Å². The lowest BCUT2D eigenvalue weighted by Crippen LogP contribution is -2.27. The third kappa shape index (κ3) is 5.09. The number of hydrogen-bond donors (Lipinski definition) is 0. The van der Waals surface area contributed by atoms with Crippen LogP contribution >= 0.6 is 0 Å². The Hall–Kier alpha value is -1.84. The molecule has 2 aromatic rings. The van der Waals surface area contributed by atoms with Gasteiger partial charge >= 0.3 is 0 Å². The predicted octanol–water partition coefficient (Wildman–Crippen LogP) is 5.55. The Labute approximate surface area is 157 Å². The first-order valence-corrected chi connectivity index (χ1v) is 9.71. The van der Waals surface area contributed by atoms with E-state index in [1.807, 2.05) is 12.1 Å². The topological polar surface area (TPSA) is 27.7 Å². The van der Waals surface area contributed by atoms with Crippen LogP contribution in [-0.4, -0.2) is 19.8 Å². The van der Waals surface area contributed by atoms with Crippen LogP contribution in [0.1, 0.15) is 49.8 Å². The van der Waals surface area contributed by atoms with Crippen molar-refractivity contribution in [1.29, 1.82) is 0 Å². The minimum atomic E-state index is 0.158. The maximum absolute atomic E-state index is 6.31. The summed E-state index contributed by atoms with van der Waals surface area (Å²) < 4.78 is 17.8. The van der Waals surface area contributed by atoms with Gasteiger partial charge in [0.25, 0.3) is 0 Å². The Kier molecular flexibility index (Phi) is 7.10. The van der Waals surface area contributed by atoms with Crippen LogP contribution in [0.2, 0.25) is 0 Å². The van der Waals surface area contributed by atoms with Gasteiger partial charge in [-0.05, 0) is 48.4 Å². The van der Waals surface area contributed by atoms with Crippen molar-refractivity contribution in [2.24, 2.45) is 5.92 Å². The molecular weight excluding hydrogens is 324 g/mol. The molecule has 0 amide bonds. The van der Waals surface area contributed by atoms with E-state index < -0.39 is 0 Å². The molecule has 2 aromatic carbocycles. The highest BCUT2D eigenvalue weighted by Gasteiger charge is 2.28. The van der Waals surface area contributed by atoms with Crippen molar-refractivity contribution in [2.75, 3.05) is 13.7 Å². The van der Waals surface area contributed by atoms with Gasteiger partial charge in [-0.25, -0.2) is 0 Å². The van der Waals surface area contributed by atoms with E-state index in [1.54, 1.807) is 7.11 Å². The molecule has 0 aliphatic carbocycles. The molecule has 1 aliphatic rings. The molecule has 140 valence electrons. The first-order valence-electron chi connectivity index (χ1n) is 9.71. The van der Waals surface area contributed by atoms with Crippen LogP contribution in [0, 0.1) is 5.92 Å². The second-order valence-electron chi connectivity index (χ2n) is 7.06. The van der Waals surface area contributed by atoms with Gasteiger partial charge in [-0.15, -0.1) is 0 Å². The number of ether oxygens (including phenoxy) is 3. The summed E-state index contributed by atoms with van der Waals surface area (Å²) in [6.45, 7) is 3.54. The summed E-state index contributed by atoms with van der Waals surface area (Å²) >= 11 is 0. The summed E-state index contributed by atoms with van der Waals surface area (Å²) in [6.07, 6.45) is 4.94. The van der Waals surface area contributed by atoms with E-state index in [9.17, 15) is 0 Å². The quantitative estimate of drug-likeness (QED) is 0.652. The van der Waals surface area contributed by atoms with Gasteiger partial charge in [-0.3, -0.25) is 0 Å². The summed E-state index contributed by atoms with van der Waals surface area (Å²) in [5, 5.41) is 0. The minimum absolute atomic E-state index is 0.158. The molecule has 1 fully saturated rings. The fourth-order valence-corrected chi connectivity index (χ4v) is 3.72. The minimum Gasteiger partial charge on any atom is -0.497 e. The van der Waals surface area contributed by atoms with Gasteiger partial charge in [0.15, 0.2) is 0 Å². The number of benzene rings is 2. The zero-order valence-corrected chi connectivity index (χ0v) is 15.9. The fourth-order valence-electron chi connectivity index (χ4n) is 3.72. The molecule has 0 radical (unpaired) electrons. The average Bonchev–Trinajstić information content (AvgIpc) is 2.90. The molecule has 3 rings (SSSR count). The maximum Gasteiger partial charge on any atom is 0.118 e. The van der Waals surface area contributed by atoms with Crippen LogP contribution < -0.4 is 4.74 Å². The third-order valence-corrected chi connectivity index (χ3v) is 5.24. The van der Waals surface area contributed by atoms with Gasteiger partial charge in [0.1, 0.15) is 5.75 Å². The molecule has 1 saturated heterocycles. The molecule has 1 heterocycles. The van der Waals surface area contributed by atoms with Gasteiger partial charge < -0.3 is 14.2 Å². The van der Waals surface area contributed by atoms with Crippen molar-refractivity contribution in [2.45, 2.75) is 51.4 Å². The lowest BCUT2D eigenvalue weighted by atomic mass is 9.91. The van der Waals surface area contributed by atoms with Crippen LogP contribution in [-0.2, 0) is 16.1 Å². The van der Waals surface area contributed by atoms with Gasteiger partial charge in [-0.1, -0.05) is 55.8 Å². The second-order valence-corrected chi connectivity index (χ2v) is 7.06. The summed E-state index contributed by atoms with van der Waals surface area (Å²) in [4.78, 5) is 0. The Morgan fingerprint density at radius 1 is 1.00 bits per heavy atom. The normalized spacial score (nSPS) is 23.4. The predicted molar refractivity (Wildman–Crippen MR) is 104 cm³/mol. The van der Waals surface area contributed by atoms with Crippen molar-refractivity contribution < 1.29 is 14.2 Å². The van der Waals surface area contributed by atoms with Gasteiger partial charge in [0.05, 0.1) is 32.5 Å². The standard InChI is InChI=1S/C23H30O3/c1-3-7-19-12-15-22(20-8-5-4-6-9-20)26-17-23(19)25-16-18-10-13-21(24-2)14-11-18/h4-6,8-11,13-14,19,22-23H,3,7,12,15-17H2,1-2H3. The monoisotopic (exact) mass is 354 g/mol. The molecule has 0 N–H and O–H groups in total. The lowest BCUT2D eigenvalue weighted by molar-refractivity contribution is -0.0586. The van der Waals surface area contributed by atoms with Crippen molar-refractivity contribution in [3.05, 3.63) is 65.7 Å². The van der Waals surface area contributed by atoms with E-state index in [4.69, 9.17) is 14.2 Å². The van der Waals surface area contributed by atoms with E-state index in [1.165, 1.54) is 24.0 Å². The van der Waals surface area contributed by atoms with Gasteiger partial charge in [0, 0.05) is 0 Å². The van der Waals surface area contributed by atoms with Gasteiger partial charge in [0.2, 0.25) is 0 Å². The highest BCUT2D eigenvalue weighted by molar-refractivity contribution is 5.26. The zero-order chi connectivity index (χ0) is 18.2. The third-order valence-electron chi connectivity index (χ3n) is 5.24. The molecule has 0 spiro atoms. The first kappa shape index (κ1) is 18.9. The maximum atomic E-state index is 6.31. The van der Waals surface area contributed by atoms with Crippen molar-refractivity contribution >= 4 is 0 Å². The van der Waals surface area contributed by atoms with Gasteiger partial charge in [-0.2, -0.15) is 0 Å². The molecule has 3 nitrogen and oxygen atoms in total. The smallest absolute Gasteiger partial charge is 0.118 e. The van der Waals surface area contributed by atoms with Crippen molar-refractivity contribution in [3.8, 4) is 5.75 Å². The van der Waals surface area contributed by atoms with Crippen LogP contribution in [0.3, 0.4) is 0 Å². The molecule has 1 aliphatic heterocycles. The Bertz CT molecular complexity index is 638. The van der Waals surface area contributed by atoms with E-state index in [2.05, 4.69) is 49.4 Å². The number of methoxy groups -OCH3 is 1. The molecule has 3 heteroatoms. The molecule has 0 aromatic heterocycles. The van der Waals surface area contributed by atoms with E-state index in [0.717, 1.165) is 18.6 Å². The first-order chi connectivity index (χ1) is 12.8. The molecule has 0 bridgehead atoms. The number of hydrogen-bond acceptors (Lipinski definition) is 3. The lowest BCUT2D eigenvalue weighted by Gasteiger charge is -2.24. The molecule has 3 unspecified atom stereocenters. The Morgan fingerprint density at radius 3 is 2.46 bits per heavy atom. The Balaban J connectivity index is 1.61. The summed E-state index contributed by atoms with van der Waals surface area (Å²) in [6, 6.07) is 18.7. The van der Waals surface area contributed by atoms with E-state index in [0.29, 0.717) is 19.1 Å². The fraction of sp³-hybridized carbons (Fsp3) is 0.478. The van der Waals surface area contributed by atoms with Crippen LogP contribution in [0.15, 0.2) is 54.6 Å².